The molecule has 11 aromatic rings. The lowest BCUT2D eigenvalue weighted by Crippen LogP contribution is -2.54. The first-order chi connectivity index (χ1) is 28.2. The monoisotopic (exact) mass is 736 g/mol. The fourth-order valence-electron chi connectivity index (χ4n) is 9.09. The van der Waals surface area contributed by atoms with Gasteiger partial charge in [0.2, 0.25) is 0 Å². The first kappa shape index (κ1) is 32.3. The molecule has 1 aliphatic heterocycles. The molecule has 272 valence electrons. The van der Waals surface area contributed by atoms with Gasteiger partial charge in [-0.15, -0.1) is 0 Å². The molecule has 2 unspecified atom stereocenters. The molecule has 1 aliphatic rings. The van der Waals surface area contributed by atoms with Gasteiger partial charge in [0.15, 0.2) is 5.58 Å². The second kappa shape index (κ2) is 12.8. The summed E-state index contributed by atoms with van der Waals surface area (Å²) in [5.41, 5.74) is 12.5. The number of para-hydroxylation sites is 3. The largest absolute Gasteiger partial charge is 0.456 e. The molecule has 8 aromatic carbocycles. The van der Waals surface area contributed by atoms with E-state index >= 15 is 0 Å². The molecule has 3 N–H and O–H groups in total. The lowest BCUT2D eigenvalue weighted by molar-refractivity contribution is 0.204. The van der Waals surface area contributed by atoms with Gasteiger partial charge in [0.1, 0.15) is 16.7 Å². The van der Waals surface area contributed by atoms with Gasteiger partial charge in [0, 0.05) is 32.3 Å². The lowest BCUT2D eigenvalue weighted by Gasteiger charge is -2.39. The Kier molecular flexibility index (Phi) is 7.25. The number of aromatic nitrogens is 1. The van der Waals surface area contributed by atoms with Gasteiger partial charge in [0.25, 0.3) is 0 Å². The average Bonchev–Trinajstić information content (AvgIpc) is 3.96. The first-order valence-electron chi connectivity index (χ1n) is 19.5. The highest BCUT2D eigenvalue weighted by Gasteiger charge is 2.31. The fraction of sp³-hybridized carbons (Fsp3) is 0.0588. The van der Waals surface area contributed by atoms with Gasteiger partial charge in [-0.05, 0) is 76.3 Å². The summed E-state index contributed by atoms with van der Waals surface area (Å²) in [7, 11) is 0. The normalized spacial score (nSPS) is 17.4. The van der Waals surface area contributed by atoms with Crippen LogP contribution in [0.1, 0.15) is 35.2 Å². The van der Waals surface area contributed by atoms with Crippen LogP contribution in [0.4, 0.5) is 0 Å². The van der Waals surface area contributed by atoms with E-state index in [1.807, 2.05) is 0 Å². The minimum atomic E-state index is -0.143. The Labute approximate surface area is 327 Å². The van der Waals surface area contributed by atoms with Crippen molar-refractivity contribution in [2.45, 2.75) is 18.5 Å². The van der Waals surface area contributed by atoms with Crippen LogP contribution in [-0.4, -0.2) is 4.57 Å². The zero-order valence-corrected chi connectivity index (χ0v) is 30.8. The molecule has 0 bridgehead atoms. The maximum Gasteiger partial charge on any atom is 0.159 e. The maximum absolute atomic E-state index is 6.69. The molecule has 0 spiro atoms. The lowest BCUT2D eigenvalue weighted by atomic mass is 9.98. The van der Waals surface area contributed by atoms with Crippen molar-refractivity contribution in [3.05, 3.63) is 199 Å². The topological polar surface area (TPSA) is 67.3 Å². The number of benzene rings is 8. The number of fused-ring (bicyclic) bond motifs is 9. The molecule has 0 radical (unpaired) electrons. The Hall–Kier alpha value is -6.96. The Balaban J connectivity index is 0.945. The minimum Gasteiger partial charge on any atom is -0.456 e. The van der Waals surface area contributed by atoms with E-state index in [4.69, 9.17) is 8.83 Å². The van der Waals surface area contributed by atoms with Crippen molar-refractivity contribution in [2.24, 2.45) is 0 Å². The van der Waals surface area contributed by atoms with Crippen molar-refractivity contribution in [2.75, 3.05) is 0 Å². The van der Waals surface area contributed by atoms with Gasteiger partial charge < -0.3 is 13.4 Å². The van der Waals surface area contributed by atoms with Crippen molar-refractivity contribution < 1.29 is 8.83 Å². The van der Waals surface area contributed by atoms with Crippen molar-refractivity contribution in [3.8, 4) is 16.8 Å². The second-order valence-corrected chi connectivity index (χ2v) is 15.0. The van der Waals surface area contributed by atoms with Crippen molar-refractivity contribution in [1.82, 2.24) is 20.5 Å². The summed E-state index contributed by atoms with van der Waals surface area (Å²) in [6, 6.07) is 64.3. The average molecular weight is 737 g/mol. The molecule has 12 rings (SSSR count). The Bertz CT molecular complexity index is 3210. The van der Waals surface area contributed by atoms with Crippen LogP contribution in [0.3, 0.4) is 0 Å². The van der Waals surface area contributed by atoms with Crippen molar-refractivity contribution in [1.29, 1.82) is 0 Å². The number of nitrogens with zero attached hydrogens (tertiary/aromatic N) is 1. The Morgan fingerprint density at radius 1 is 0.386 bits per heavy atom. The van der Waals surface area contributed by atoms with Gasteiger partial charge in [0.05, 0.1) is 35.2 Å². The molecule has 4 heterocycles. The second-order valence-electron chi connectivity index (χ2n) is 15.0. The van der Waals surface area contributed by atoms with E-state index in [0.717, 1.165) is 77.3 Å². The molecule has 1 fully saturated rings. The predicted molar refractivity (Wildman–Crippen MR) is 231 cm³/mol. The van der Waals surface area contributed by atoms with E-state index in [9.17, 15) is 0 Å². The number of nitrogens with one attached hydrogen (secondary N) is 3. The summed E-state index contributed by atoms with van der Waals surface area (Å²) < 4.78 is 15.7. The molecule has 57 heavy (non-hydrogen) atoms. The number of rotatable bonds is 5. The van der Waals surface area contributed by atoms with Gasteiger partial charge >= 0.3 is 0 Å². The van der Waals surface area contributed by atoms with Crippen molar-refractivity contribution in [3.63, 3.8) is 0 Å². The Morgan fingerprint density at radius 3 is 1.70 bits per heavy atom. The summed E-state index contributed by atoms with van der Waals surface area (Å²) in [6.07, 6.45) is -0.265. The van der Waals surface area contributed by atoms with E-state index in [-0.39, 0.29) is 18.5 Å². The van der Waals surface area contributed by atoms with Crippen LogP contribution in [0.2, 0.25) is 0 Å². The highest BCUT2D eigenvalue weighted by atomic mass is 16.3. The van der Waals surface area contributed by atoms with Crippen LogP contribution in [-0.2, 0) is 0 Å². The van der Waals surface area contributed by atoms with Gasteiger partial charge in [-0.1, -0.05) is 133 Å². The summed E-state index contributed by atoms with van der Waals surface area (Å²) >= 11 is 0. The SMILES string of the molecule is c1ccc(C2NC(c3ccccc3)NC(c3cccc4oc5cc(-c6ccc7oc8c(-n9c%10ccccc%10c%10ccccc%109)cccc8c7c6)ccc5c34)N2)cc1. The highest BCUT2D eigenvalue weighted by molar-refractivity contribution is 6.13. The predicted octanol–water partition coefficient (Wildman–Crippen LogP) is 12.4. The number of furan rings is 2. The molecular weight excluding hydrogens is 701 g/mol. The van der Waals surface area contributed by atoms with Gasteiger partial charge in [-0.2, -0.15) is 0 Å². The van der Waals surface area contributed by atoms with Crippen LogP contribution >= 0.6 is 0 Å². The number of hydrogen-bond acceptors (Lipinski definition) is 5. The zero-order chi connectivity index (χ0) is 37.5. The minimum absolute atomic E-state index is 0.0605. The molecule has 0 amide bonds. The molecule has 2 atom stereocenters. The number of hydrogen-bond donors (Lipinski definition) is 3. The third-order valence-corrected chi connectivity index (χ3v) is 11.7. The van der Waals surface area contributed by atoms with Crippen LogP contribution in [0, 0.1) is 0 Å². The fourth-order valence-corrected chi connectivity index (χ4v) is 9.09. The van der Waals surface area contributed by atoms with Gasteiger partial charge in [-0.3, -0.25) is 16.0 Å². The summed E-state index contributed by atoms with van der Waals surface area (Å²) in [5, 5.41) is 18.3. The summed E-state index contributed by atoms with van der Waals surface area (Å²) in [6.45, 7) is 0. The summed E-state index contributed by atoms with van der Waals surface area (Å²) in [5.74, 6) is 0. The molecule has 0 saturated carbocycles. The standard InChI is InChI=1S/C51H36N4O2/c1-3-13-31(14-4-1)49-52-50(32-15-5-2-6-16-32)54-51(53-49)39-20-12-24-45-47(39)38-27-25-34(30-46(38)56-45)33-26-28-44-40(29-33)37-19-11-23-43(48(37)57-44)55-41-21-9-7-17-35(41)36-18-8-10-22-42(36)55/h1-30,49-54H. The van der Waals surface area contributed by atoms with Crippen molar-refractivity contribution >= 4 is 65.7 Å². The van der Waals surface area contributed by atoms with E-state index in [1.165, 1.54) is 21.9 Å². The van der Waals surface area contributed by atoms with Crippen LogP contribution in [0.25, 0.3) is 82.5 Å². The van der Waals surface area contributed by atoms with Crippen LogP contribution in [0.15, 0.2) is 191 Å². The van der Waals surface area contributed by atoms with E-state index < -0.39 is 0 Å². The third-order valence-electron chi connectivity index (χ3n) is 11.7. The van der Waals surface area contributed by atoms with Gasteiger partial charge in [-0.25, -0.2) is 0 Å². The van der Waals surface area contributed by atoms with E-state index in [1.54, 1.807) is 0 Å². The van der Waals surface area contributed by atoms with E-state index in [2.05, 4.69) is 203 Å². The summed E-state index contributed by atoms with van der Waals surface area (Å²) in [4.78, 5) is 0. The maximum atomic E-state index is 6.69. The smallest absolute Gasteiger partial charge is 0.159 e. The zero-order valence-electron chi connectivity index (χ0n) is 30.8. The van der Waals surface area contributed by atoms with Crippen LogP contribution in [0.5, 0.6) is 0 Å². The van der Waals surface area contributed by atoms with E-state index in [0.29, 0.717) is 0 Å². The molecule has 0 aliphatic carbocycles. The molecular formula is C51H36N4O2. The molecule has 1 saturated heterocycles. The highest BCUT2D eigenvalue weighted by Crippen LogP contribution is 2.41. The molecule has 6 nitrogen and oxygen atoms in total. The molecule has 6 heteroatoms. The first-order valence-corrected chi connectivity index (χ1v) is 19.5. The molecule has 3 aromatic heterocycles. The van der Waals surface area contributed by atoms with Crippen LogP contribution < -0.4 is 16.0 Å². The quantitative estimate of drug-likeness (QED) is 0.164. The Morgan fingerprint density at radius 2 is 0.982 bits per heavy atom. The third kappa shape index (κ3) is 5.16.